The number of nitrogens with one attached hydrogen (secondary N) is 1. The van der Waals surface area contributed by atoms with Gasteiger partial charge in [-0.1, -0.05) is 31.3 Å². The van der Waals surface area contributed by atoms with E-state index < -0.39 is 0 Å². The fourth-order valence-electron chi connectivity index (χ4n) is 7.05. The van der Waals surface area contributed by atoms with Crippen LogP contribution in [0.4, 0.5) is 5.13 Å². The van der Waals surface area contributed by atoms with Gasteiger partial charge in [-0.15, -0.1) is 0 Å². The van der Waals surface area contributed by atoms with Gasteiger partial charge in [-0.2, -0.15) is 0 Å². The molecule has 4 aliphatic carbocycles. The molecule has 0 radical (unpaired) electrons. The van der Waals surface area contributed by atoms with Gasteiger partial charge < -0.3 is 10.4 Å². The van der Waals surface area contributed by atoms with Crippen molar-refractivity contribution in [3.63, 3.8) is 0 Å². The van der Waals surface area contributed by atoms with Crippen LogP contribution in [-0.2, 0) is 11.2 Å². The van der Waals surface area contributed by atoms with Crippen LogP contribution < -0.4 is 5.32 Å². The number of allylic oxidation sites excluding steroid dienone is 2. The van der Waals surface area contributed by atoms with Crippen LogP contribution in [0.5, 0.6) is 0 Å². The van der Waals surface area contributed by atoms with Crippen molar-refractivity contribution in [2.24, 2.45) is 28.6 Å². The predicted octanol–water partition coefficient (Wildman–Crippen LogP) is 4.64. The largest absolute Gasteiger partial charge is 0.393 e. The summed E-state index contributed by atoms with van der Waals surface area (Å²) in [5, 5.41) is 14.2. The van der Waals surface area contributed by atoms with Crippen molar-refractivity contribution in [3.8, 4) is 0 Å². The molecule has 2 fully saturated rings. The van der Waals surface area contributed by atoms with E-state index in [1.54, 1.807) is 18.3 Å². The first-order valence-corrected chi connectivity index (χ1v) is 11.3. The van der Waals surface area contributed by atoms with Crippen molar-refractivity contribution in [1.29, 1.82) is 0 Å². The zero-order chi connectivity index (χ0) is 19.0. The molecular weight excluding hydrogens is 356 g/mol. The summed E-state index contributed by atoms with van der Waals surface area (Å²) in [7, 11) is 0. The average Bonchev–Trinajstić information content (AvgIpc) is 3.14. The minimum Gasteiger partial charge on any atom is -0.393 e. The Kier molecular flexibility index (Phi) is 3.90. The number of carbonyl (C=O) groups is 1. The number of anilines is 1. The molecule has 0 saturated heterocycles. The van der Waals surface area contributed by atoms with Crippen molar-refractivity contribution < 1.29 is 9.90 Å². The highest BCUT2D eigenvalue weighted by molar-refractivity contribution is 7.17. The molecule has 1 heterocycles. The molecule has 4 nitrogen and oxygen atoms in total. The first-order chi connectivity index (χ1) is 12.8. The van der Waals surface area contributed by atoms with Crippen LogP contribution in [-0.4, -0.2) is 22.1 Å². The summed E-state index contributed by atoms with van der Waals surface area (Å²) in [4.78, 5) is 17.5. The number of aryl methyl sites for hydroxylation is 1. The van der Waals surface area contributed by atoms with Gasteiger partial charge in [-0.25, -0.2) is 4.98 Å². The lowest BCUT2D eigenvalue weighted by Crippen LogP contribution is -2.50. The van der Waals surface area contributed by atoms with Gasteiger partial charge in [0.2, 0.25) is 5.91 Å². The summed E-state index contributed by atoms with van der Waals surface area (Å²) in [5.74, 6) is 2.03. The van der Waals surface area contributed by atoms with Gasteiger partial charge in [0.15, 0.2) is 5.13 Å². The monoisotopic (exact) mass is 386 g/mol. The zero-order valence-corrected chi connectivity index (χ0v) is 17.4. The normalized spacial score (nSPS) is 42.4. The molecule has 5 rings (SSSR count). The summed E-state index contributed by atoms with van der Waals surface area (Å²) >= 11 is 1.65. The van der Waals surface area contributed by atoms with Crippen LogP contribution in [0.3, 0.4) is 0 Å². The molecule has 2 N–H and O–H groups in total. The number of hydrogen-bond donors (Lipinski definition) is 2. The Morgan fingerprint density at radius 2 is 2.07 bits per heavy atom. The Morgan fingerprint density at radius 3 is 2.85 bits per heavy atom. The molecular formula is C22H30N2O2S. The molecule has 1 aromatic rings. The van der Waals surface area contributed by atoms with Gasteiger partial charge >= 0.3 is 0 Å². The number of nitrogens with zero attached hydrogens (tertiary/aromatic N) is 1. The SMILES string of the molecule is CC(=O)Nc1nc2c(s1)C1=CC[C@H]3[C@@H]4CC[C@H](O)[C@@]4(C)CC[C@@H]3[C@@]1(C)CC2. The van der Waals surface area contributed by atoms with Crippen LogP contribution in [0, 0.1) is 28.6 Å². The topological polar surface area (TPSA) is 62.2 Å². The number of aliphatic hydroxyl groups excluding tert-OH is 1. The fourth-order valence-corrected chi connectivity index (χ4v) is 8.29. The third-order valence-electron chi connectivity index (χ3n) is 8.52. The lowest BCUT2D eigenvalue weighted by molar-refractivity contribution is -0.114. The summed E-state index contributed by atoms with van der Waals surface area (Å²) in [5.41, 5.74) is 3.00. The average molecular weight is 387 g/mol. The Morgan fingerprint density at radius 1 is 1.26 bits per heavy atom. The molecule has 1 amide bonds. The molecule has 0 spiro atoms. The van der Waals surface area contributed by atoms with E-state index in [-0.39, 0.29) is 22.8 Å². The molecule has 1 aromatic heterocycles. The number of rotatable bonds is 1. The van der Waals surface area contributed by atoms with Gasteiger partial charge in [0.05, 0.1) is 16.7 Å². The van der Waals surface area contributed by atoms with Gasteiger partial charge in [0.25, 0.3) is 0 Å². The maximum atomic E-state index is 11.4. The maximum Gasteiger partial charge on any atom is 0.223 e. The molecule has 0 aromatic carbocycles. The molecule has 4 aliphatic rings. The smallest absolute Gasteiger partial charge is 0.223 e. The van der Waals surface area contributed by atoms with Crippen molar-refractivity contribution in [3.05, 3.63) is 16.6 Å². The first-order valence-electron chi connectivity index (χ1n) is 10.5. The highest BCUT2D eigenvalue weighted by Gasteiger charge is 2.58. The van der Waals surface area contributed by atoms with Gasteiger partial charge in [-0.3, -0.25) is 4.79 Å². The van der Waals surface area contributed by atoms with Crippen molar-refractivity contribution in [2.75, 3.05) is 5.32 Å². The van der Waals surface area contributed by atoms with E-state index in [1.165, 1.54) is 29.0 Å². The van der Waals surface area contributed by atoms with Crippen molar-refractivity contribution in [2.45, 2.75) is 71.8 Å². The highest BCUT2D eigenvalue weighted by atomic mass is 32.1. The molecule has 146 valence electrons. The standard InChI is InChI=1S/C22H30N2O2S/c1-12(25)23-20-24-17-9-11-21(2)15-8-10-22(3)14(6-7-18(22)26)13(15)4-5-16(21)19(17)27-20/h5,13-15,18,26H,4,6-11H2,1-3H3,(H,23,24,25)/t13-,14-,15-,18-,21+,22-/m0/s1. The van der Waals surface area contributed by atoms with Crippen LogP contribution in [0.25, 0.3) is 5.57 Å². The zero-order valence-electron chi connectivity index (χ0n) is 16.5. The van der Waals surface area contributed by atoms with Gasteiger partial charge in [0, 0.05) is 6.92 Å². The van der Waals surface area contributed by atoms with Crippen LogP contribution in [0.15, 0.2) is 6.08 Å². The van der Waals surface area contributed by atoms with E-state index in [2.05, 4.69) is 25.2 Å². The maximum absolute atomic E-state index is 11.4. The van der Waals surface area contributed by atoms with E-state index in [0.29, 0.717) is 17.8 Å². The summed E-state index contributed by atoms with van der Waals surface area (Å²) in [6.45, 7) is 6.36. The summed E-state index contributed by atoms with van der Waals surface area (Å²) in [6.07, 6.45) is 10.2. The predicted molar refractivity (Wildman–Crippen MR) is 108 cm³/mol. The van der Waals surface area contributed by atoms with Crippen molar-refractivity contribution >= 4 is 27.9 Å². The van der Waals surface area contributed by atoms with Crippen LogP contribution in [0.2, 0.25) is 0 Å². The minimum atomic E-state index is -0.110. The molecule has 0 unspecified atom stereocenters. The third kappa shape index (κ3) is 2.43. The molecule has 0 aliphatic heterocycles. The number of hydrogen-bond acceptors (Lipinski definition) is 4. The molecule has 6 atom stereocenters. The number of aliphatic hydroxyl groups is 1. The van der Waals surface area contributed by atoms with E-state index in [1.807, 2.05) is 0 Å². The van der Waals surface area contributed by atoms with Gasteiger partial charge in [-0.05, 0) is 79.1 Å². The molecule has 27 heavy (non-hydrogen) atoms. The Balaban J connectivity index is 1.52. The van der Waals surface area contributed by atoms with E-state index >= 15 is 0 Å². The second-order valence-corrected chi connectivity index (χ2v) is 10.8. The summed E-state index contributed by atoms with van der Waals surface area (Å²) < 4.78 is 0. The quantitative estimate of drug-likeness (QED) is 0.739. The van der Waals surface area contributed by atoms with E-state index in [4.69, 9.17) is 4.98 Å². The Bertz CT molecular complexity index is 830. The third-order valence-corrected chi connectivity index (χ3v) is 9.57. The number of fused-ring (bicyclic) bond motifs is 7. The number of amides is 1. The lowest BCUT2D eigenvalue weighted by Gasteiger charge is -2.56. The second kappa shape index (κ2) is 5.90. The second-order valence-electron chi connectivity index (χ2n) is 9.76. The Labute approximate surface area is 165 Å². The van der Waals surface area contributed by atoms with E-state index in [9.17, 15) is 9.90 Å². The van der Waals surface area contributed by atoms with Crippen molar-refractivity contribution in [1.82, 2.24) is 4.98 Å². The fraction of sp³-hybridized carbons (Fsp3) is 0.727. The number of carbonyl (C=O) groups excluding carboxylic acids is 1. The minimum absolute atomic E-state index is 0.0482. The van der Waals surface area contributed by atoms with Gasteiger partial charge in [0.1, 0.15) is 0 Å². The molecule has 2 saturated carbocycles. The lowest BCUT2D eigenvalue weighted by atomic mass is 9.48. The molecule has 5 heteroatoms. The first kappa shape index (κ1) is 17.9. The van der Waals surface area contributed by atoms with Crippen LogP contribution in [0.1, 0.15) is 69.9 Å². The Hall–Kier alpha value is -1.20. The van der Waals surface area contributed by atoms with Crippen LogP contribution >= 0.6 is 11.3 Å². The number of thiazole rings is 1. The summed E-state index contributed by atoms with van der Waals surface area (Å²) in [6, 6.07) is 0. The highest BCUT2D eigenvalue weighted by Crippen LogP contribution is 2.66. The number of aromatic nitrogens is 1. The molecule has 0 bridgehead atoms. The van der Waals surface area contributed by atoms with E-state index in [0.717, 1.165) is 37.2 Å².